The summed E-state index contributed by atoms with van der Waals surface area (Å²) in [5.74, 6) is 0. The third-order valence-electron chi connectivity index (χ3n) is 3.09. The van der Waals surface area contributed by atoms with Gasteiger partial charge in [-0.25, -0.2) is 13.4 Å². The molecule has 0 spiro atoms. The molecule has 0 radical (unpaired) electrons. The first kappa shape index (κ1) is 21.9. The number of halogens is 1. The van der Waals surface area contributed by atoms with Crippen molar-refractivity contribution in [2.45, 2.75) is 38.2 Å². The van der Waals surface area contributed by atoms with Gasteiger partial charge in [-0.05, 0) is 38.5 Å². The average molecular weight is 399 g/mol. The normalized spacial score (nSPS) is 11.4. The van der Waals surface area contributed by atoms with E-state index in [1.807, 2.05) is 19.2 Å². The summed E-state index contributed by atoms with van der Waals surface area (Å²) in [6.45, 7) is 6.16. The molecule has 1 aromatic carbocycles. The van der Waals surface area contributed by atoms with E-state index in [9.17, 15) is 8.42 Å². The Labute approximate surface area is 175 Å². The minimum atomic E-state index is -3.70. The molecule has 0 saturated heterocycles. The number of aromatic nitrogens is 1. The molecular formula is C15H20ClN2NaO3S2. The molecule has 0 aliphatic heterocycles. The number of thiazole rings is 1. The zero-order valence-electron chi connectivity index (χ0n) is 15.2. The summed E-state index contributed by atoms with van der Waals surface area (Å²) in [5.41, 5.74) is 1.32. The second kappa shape index (κ2) is 9.52. The van der Waals surface area contributed by atoms with Crippen LogP contribution >= 0.6 is 22.9 Å². The SMILES string of the molecule is Cc1c(Cl)cccc1S(=O)(=O)Nc1nc(CCOC(C)C)cs1.[H-].[Na+]. The molecule has 24 heavy (non-hydrogen) atoms. The molecule has 0 bridgehead atoms. The Bertz CT molecular complexity index is 785. The van der Waals surface area contributed by atoms with Gasteiger partial charge < -0.3 is 6.16 Å². The molecule has 1 heterocycles. The summed E-state index contributed by atoms with van der Waals surface area (Å²) in [5, 5.41) is 2.58. The molecule has 0 unspecified atom stereocenters. The fourth-order valence-electron chi connectivity index (χ4n) is 1.92. The summed E-state index contributed by atoms with van der Waals surface area (Å²) in [4.78, 5) is 4.44. The first-order valence-corrected chi connectivity index (χ1v) is 9.87. The zero-order valence-corrected chi connectivity index (χ0v) is 18.6. The van der Waals surface area contributed by atoms with Gasteiger partial charge in [0.15, 0.2) is 5.13 Å². The van der Waals surface area contributed by atoms with Crippen molar-refractivity contribution in [1.29, 1.82) is 0 Å². The number of hydrogen-bond acceptors (Lipinski definition) is 5. The Morgan fingerprint density at radius 3 is 2.79 bits per heavy atom. The van der Waals surface area contributed by atoms with Crippen molar-refractivity contribution in [3.63, 3.8) is 0 Å². The second-order valence-corrected chi connectivity index (χ2v) is 8.20. The minimum absolute atomic E-state index is 0. The van der Waals surface area contributed by atoms with E-state index in [-0.39, 0.29) is 42.0 Å². The van der Waals surface area contributed by atoms with Gasteiger partial charge in [-0.2, -0.15) is 0 Å². The van der Waals surface area contributed by atoms with Gasteiger partial charge in [0.05, 0.1) is 23.3 Å². The van der Waals surface area contributed by atoms with Crippen LogP contribution in [0.25, 0.3) is 0 Å². The molecule has 9 heteroatoms. The van der Waals surface area contributed by atoms with E-state index in [0.29, 0.717) is 28.7 Å². The van der Waals surface area contributed by atoms with Crippen molar-refractivity contribution >= 4 is 38.1 Å². The van der Waals surface area contributed by atoms with Crippen molar-refractivity contribution < 1.29 is 44.1 Å². The van der Waals surface area contributed by atoms with E-state index < -0.39 is 10.0 Å². The molecule has 0 aliphatic carbocycles. The van der Waals surface area contributed by atoms with Crippen molar-refractivity contribution in [2.75, 3.05) is 11.3 Å². The Kier molecular flexibility index (Phi) is 8.68. The van der Waals surface area contributed by atoms with Crippen LogP contribution in [0.4, 0.5) is 5.13 Å². The van der Waals surface area contributed by atoms with Crippen LogP contribution in [0.3, 0.4) is 0 Å². The van der Waals surface area contributed by atoms with E-state index in [4.69, 9.17) is 16.3 Å². The number of hydrogen-bond donors (Lipinski definition) is 1. The van der Waals surface area contributed by atoms with Crippen LogP contribution in [0, 0.1) is 6.92 Å². The molecule has 0 amide bonds. The molecule has 1 N–H and O–H groups in total. The van der Waals surface area contributed by atoms with Gasteiger partial charge >= 0.3 is 29.6 Å². The smallest absolute Gasteiger partial charge is 1.00 e. The fourth-order valence-corrected chi connectivity index (χ4v) is 4.41. The predicted molar refractivity (Wildman–Crippen MR) is 95.0 cm³/mol. The molecule has 0 atom stereocenters. The van der Waals surface area contributed by atoms with Gasteiger partial charge in [0, 0.05) is 16.8 Å². The van der Waals surface area contributed by atoms with Crippen LogP contribution in [0.1, 0.15) is 26.5 Å². The largest absolute Gasteiger partial charge is 1.00 e. The minimum Gasteiger partial charge on any atom is -1.00 e. The quantitative estimate of drug-likeness (QED) is 0.706. The average Bonchev–Trinajstić information content (AvgIpc) is 2.88. The summed E-state index contributed by atoms with van der Waals surface area (Å²) >= 11 is 7.24. The van der Waals surface area contributed by atoms with Crippen LogP contribution in [0.5, 0.6) is 0 Å². The Balaban J connectivity index is 0.00000288. The molecule has 128 valence electrons. The molecule has 5 nitrogen and oxygen atoms in total. The fraction of sp³-hybridized carbons (Fsp3) is 0.400. The van der Waals surface area contributed by atoms with Crippen LogP contribution in [0.15, 0.2) is 28.5 Å². The van der Waals surface area contributed by atoms with Crippen molar-refractivity contribution in [1.82, 2.24) is 4.98 Å². The number of rotatable bonds is 7. The Morgan fingerprint density at radius 1 is 1.42 bits per heavy atom. The predicted octanol–water partition coefficient (Wildman–Crippen LogP) is 0.990. The molecule has 2 aromatic rings. The van der Waals surface area contributed by atoms with E-state index in [1.165, 1.54) is 17.4 Å². The van der Waals surface area contributed by atoms with Crippen molar-refractivity contribution in [3.8, 4) is 0 Å². The van der Waals surface area contributed by atoms with Crippen LogP contribution in [0.2, 0.25) is 5.02 Å². The first-order chi connectivity index (χ1) is 10.8. The van der Waals surface area contributed by atoms with Crippen molar-refractivity contribution in [2.24, 2.45) is 0 Å². The van der Waals surface area contributed by atoms with Gasteiger partial charge in [-0.15, -0.1) is 11.3 Å². The summed E-state index contributed by atoms with van der Waals surface area (Å²) < 4.78 is 32.9. The summed E-state index contributed by atoms with van der Waals surface area (Å²) in [6.07, 6.45) is 0.810. The van der Waals surface area contributed by atoms with E-state index in [2.05, 4.69) is 9.71 Å². The number of ether oxygens (including phenoxy) is 1. The summed E-state index contributed by atoms with van der Waals surface area (Å²) in [6, 6.07) is 4.79. The van der Waals surface area contributed by atoms with Crippen LogP contribution in [-0.2, 0) is 21.2 Å². The Hall–Kier alpha value is -0.150. The standard InChI is InChI=1S/C15H19ClN2O3S2.Na.H/c1-10(2)21-8-7-12-9-22-15(17-12)18-23(19,20)14-6-4-5-13(16)11(14)3;;/h4-6,9-10H,7-8H2,1-3H3,(H,17,18);;/q;+1;-1. The van der Waals surface area contributed by atoms with Crippen LogP contribution < -0.4 is 34.3 Å². The molecular weight excluding hydrogens is 379 g/mol. The van der Waals surface area contributed by atoms with E-state index in [1.54, 1.807) is 19.1 Å². The number of benzene rings is 1. The van der Waals surface area contributed by atoms with Gasteiger partial charge in [0.25, 0.3) is 10.0 Å². The summed E-state index contributed by atoms with van der Waals surface area (Å²) in [7, 11) is -3.70. The number of nitrogens with zero attached hydrogens (tertiary/aromatic N) is 1. The van der Waals surface area contributed by atoms with Crippen molar-refractivity contribution in [3.05, 3.63) is 39.9 Å². The molecule has 0 fully saturated rings. The number of anilines is 1. The third-order valence-corrected chi connectivity index (χ3v) is 5.92. The van der Waals surface area contributed by atoms with E-state index in [0.717, 1.165) is 5.69 Å². The van der Waals surface area contributed by atoms with E-state index >= 15 is 0 Å². The van der Waals surface area contributed by atoms with Crippen LogP contribution in [-0.4, -0.2) is 26.1 Å². The molecule has 0 aliphatic rings. The second-order valence-electron chi connectivity index (χ2n) is 5.28. The molecule has 1 aromatic heterocycles. The maximum absolute atomic E-state index is 12.5. The maximum atomic E-state index is 12.5. The monoisotopic (exact) mass is 398 g/mol. The number of nitrogens with one attached hydrogen (secondary N) is 1. The first-order valence-electron chi connectivity index (χ1n) is 7.13. The maximum Gasteiger partial charge on any atom is 1.00 e. The molecule has 2 rings (SSSR count). The third kappa shape index (κ3) is 5.98. The topological polar surface area (TPSA) is 68.3 Å². The van der Waals surface area contributed by atoms with Gasteiger partial charge in [0.1, 0.15) is 0 Å². The molecule has 0 saturated carbocycles. The zero-order chi connectivity index (χ0) is 17.0. The number of sulfonamides is 1. The van der Waals surface area contributed by atoms with Gasteiger partial charge in [-0.1, -0.05) is 17.7 Å². The Morgan fingerprint density at radius 2 is 2.12 bits per heavy atom. The van der Waals surface area contributed by atoms with Gasteiger partial charge in [-0.3, -0.25) is 4.72 Å². The van der Waals surface area contributed by atoms with Gasteiger partial charge in [0.2, 0.25) is 0 Å².